The molecule has 0 aliphatic rings. The summed E-state index contributed by atoms with van der Waals surface area (Å²) in [7, 11) is -9.01. The van der Waals surface area contributed by atoms with Crippen LogP contribution in [0, 0.1) is 0 Å². The Labute approximate surface area is 188 Å². The Hall–Kier alpha value is -1.16. The van der Waals surface area contributed by atoms with E-state index in [-0.39, 0.29) is 6.61 Å². The van der Waals surface area contributed by atoms with Crippen LogP contribution in [0.15, 0.2) is 29.2 Å². The lowest BCUT2D eigenvalue weighted by atomic mass is 10.0. The number of unbranched alkanes of at least 4 members (excludes halogenated alkanes) is 13. The molecule has 0 radical (unpaired) electrons. The molecule has 0 saturated carbocycles. The van der Waals surface area contributed by atoms with Crippen molar-refractivity contribution in [3.05, 3.63) is 24.3 Å². The molecule has 1 N–H and O–H groups in total. The minimum Gasteiger partial charge on any atom is -0.360 e. The topological polar surface area (TPSA) is 107 Å². The van der Waals surface area contributed by atoms with Crippen LogP contribution in [0.2, 0.25) is 0 Å². The fourth-order valence-electron chi connectivity index (χ4n) is 3.37. The van der Waals surface area contributed by atoms with E-state index in [0.29, 0.717) is 6.42 Å². The van der Waals surface area contributed by atoms with E-state index in [0.717, 1.165) is 25.3 Å². The Morgan fingerprint density at radius 2 is 1.16 bits per heavy atom. The van der Waals surface area contributed by atoms with Gasteiger partial charge >= 0.3 is 20.5 Å². The van der Waals surface area contributed by atoms with Gasteiger partial charge in [0.25, 0.3) is 0 Å². The van der Waals surface area contributed by atoms with Gasteiger partial charge in [-0.25, -0.2) is 0 Å². The molecular formula is C22H38O7S2. The molecule has 1 rings (SSSR count). The van der Waals surface area contributed by atoms with Gasteiger partial charge in [0.2, 0.25) is 0 Å². The molecule has 0 atom stereocenters. The number of benzene rings is 1. The largest absolute Gasteiger partial charge is 0.446 e. The predicted molar refractivity (Wildman–Crippen MR) is 122 cm³/mol. The molecule has 7 nitrogen and oxygen atoms in total. The average Bonchev–Trinajstić information content (AvgIpc) is 2.70. The maximum absolute atomic E-state index is 12.3. The smallest absolute Gasteiger partial charge is 0.360 e. The number of hydrogen-bond acceptors (Lipinski definition) is 6. The van der Waals surface area contributed by atoms with Gasteiger partial charge in [-0.15, -0.1) is 0 Å². The van der Waals surface area contributed by atoms with Crippen molar-refractivity contribution in [2.75, 3.05) is 6.61 Å². The van der Waals surface area contributed by atoms with Crippen molar-refractivity contribution in [1.29, 1.82) is 0 Å². The summed E-state index contributed by atoms with van der Waals surface area (Å²) in [5, 5.41) is 0. The normalized spacial score (nSPS) is 12.2. The second-order valence-electron chi connectivity index (χ2n) is 7.83. The van der Waals surface area contributed by atoms with Crippen LogP contribution in [-0.4, -0.2) is 28.0 Å². The van der Waals surface area contributed by atoms with Crippen molar-refractivity contribution >= 4 is 20.5 Å². The number of para-hydroxylation sites is 1. The van der Waals surface area contributed by atoms with Gasteiger partial charge in [0.1, 0.15) is 4.90 Å². The Morgan fingerprint density at radius 1 is 0.710 bits per heavy atom. The molecule has 0 bridgehead atoms. The first kappa shape index (κ1) is 27.9. The van der Waals surface area contributed by atoms with Gasteiger partial charge < -0.3 is 4.18 Å². The minimum atomic E-state index is -4.83. The molecule has 0 aromatic heterocycles. The van der Waals surface area contributed by atoms with Crippen LogP contribution in [0.1, 0.15) is 96.8 Å². The lowest BCUT2D eigenvalue weighted by Crippen LogP contribution is -2.13. The van der Waals surface area contributed by atoms with E-state index in [4.69, 9.17) is 8.74 Å². The summed E-state index contributed by atoms with van der Waals surface area (Å²) in [6.07, 6.45) is 16.8. The van der Waals surface area contributed by atoms with Crippen LogP contribution in [0.4, 0.5) is 0 Å². The number of hydrogen-bond donors (Lipinski definition) is 1. The standard InChI is InChI=1S/C22H38O7S2/c1-2-3-4-5-6-7-8-9-10-11-12-13-14-17-20-28-30(23,24)22-19-16-15-18-21(22)29-31(25,26)27/h15-16,18-19H,2-14,17,20H2,1H3,(H,25,26,27). The first-order valence-corrected chi connectivity index (χ1v) is 14.2. The van der Waals surface area contributed by atoms with Gasteiger partial charge in [-0.05, 0) is 18.6 Å². The summed E-state index contributed by atoms with van der Waals surface area (Å²) in [6, 6.07) is 5.12. The van der Waals surface area contributed by atoms with Crippen molar-refractivity contribution < 1.29 is 29.8 Å². The Kier molecular flexibility index (Phi) is 14.0. The second kappa shape index (κ2) is 15.6. The van der Waals surface area contributed by atoms with Crippen molar-refractivity contribution in [3.63, 3.8) is 0 Å². The van der Waals surface area contributed by atoms with Crippen LogP contribution in [-0.2, 0) is 24.7 Å². The molecule has 31 heavy (non-hydrogen) atoms. The molecule has 0 saturated heterocycles. The lowest BCUT2D eigenvalue weighted by molar-refractivity contribution is 0.304. The van der Waals surface area contributed by atoms with Gasteiger partial charge in [-0.3, -0.25) is 8.74 Å². The van der Waals surface area contributed by atoms with E-state index >= 15 is 0 Å². The minimum absolute atomic E-state index is 0.0145. The molecule has 0 aliphatic carbocycles. The third-order valence-corrected chi connectivity index (χ3v) is 6.79. The predicted octanol–water partition coefficient (Wildman–Crippen LogP) is 6.05. The molecule has 0 amide bonds. The van der Waals surface area contributed by atoms with E-state index in [2.05, 4.69) is 11.1 Å². The summed E-state index contributed by atoms with van der Waals surface area (Å²) >= 11 is 0. The SMILES string of the molecule is CCCCCCCCCCCCCCCCOS(=O)(=O)c1ccccc1OS(=O)(=O)O. The quantitative estimate of drug-likeness (QED) is 0.146. The third-order valence-electron chi connectivity index (χ3n) is 5.05. The Balaban J connectivity index is 2.13. The molecule has 0 aliphatic heterocycles. The van der Waals surface area contributed by atoms with Crippen molar-refractivity contribution in [1.82, 2.24) is 0 Å². The van der Waals surface area contributed by atoms with Crippen LogP contribution < -0.4 is 4.18 Å². The monoisotopic (exact) mass is 478 g/mol. The molecule has 1 aromatic rings. The van der Waals surface area contributed by atoms with E-state index in [1.807, 2.05) is 0 Å². The zero-order valence-electron chi connectivity index (χ0n) is 18.6. The van der Waals surface area contributed by atoms with Crippen molar-refractivity contribution in [2.24, 2.45) is 0 Å². The average molecular weight is 479 g/mol. The fourth-order valence-corrected chi connectivity index (χ4v) is 4.86. The van der Waals surface area contributed by atoms with Crippen LogP contribution in [0.5, 0.6) is 5.75 Å². The highest BCUT2D eigenvalue weighted by Gasteiger charge is 2.23. The van der Waals surface area contributed by atoms with E-state index < -0.39 is 31.2 Å². The number of rotatable bonds is 19. The second-order valence-corrected chi connectivity index (χ2v) is 10.4. The van der Waals surface area contributed by atoms with Crippen LogP contribution >= 0.6 is 0 Å². The van der Waals surface area contributed by atoms with Gasteiger partial charge in [-0.1, -0.05) is 103 Å². The van der Waals surface area contributed by atoms with E-state index in [9.17, 15) is 16.8 Å². The highest BCUT2D eigenvalue weighted by atomic mass is 32.3. The summed E-state index contributed by atoms with van der Waals surface area (Å²) < 4.78 is 64.5. The van der Waals surface area contributed by atoms with Gasteiger partial charge in [0, 0.05) is 0 Å². The van der Waals surface area contributed by atoms with Gasteiger partial charge in [-0.2, -0.15) is 16.8 Å². The molecule has 0 unspecified atom stereocenters. The highest BCUT2D eigenvalue weighted by molar-refractivity contribution is 7.87. The molecule has 180 valence electrons. The molecular weight excluding hydrogens is 440 g/mol. The molecule has 0 spiro atoms. The highest BCUT2D eigenvalue weighted by Crippen LogP contribution is 2.26. The summed E-state index contributed by atoms with van der Waals surface area (Å²) in [5.74, 6) is -0.494. The fraction of sp³-hybridized carbons (Fsp3) is 0.727. The summed E-state index contributed by atoms with van der Waals surface area (Å²) in [4.78, 5) is -0.432. The maximum atomic E-state index is 12.3. The van der Waals surface area contributed by atoms with Crippen molar-refractivity contribution in [2.45, 2.75) is 102 Å². The summed E-state index contributed by atoms with van der Waals surface area (Å²) in [5.41, 5.74) is 0. The van der Waals surface area contributed by atoms with Gasteiger partial charge in [0.15, 0.2) is 5.75 Å². The molecule has 9 heteroatoms. The van der Waals surface area contributed by atoms with E-state index in [1.54, 1.807) is 0 Å². The van der Waals surface area contributed by atoms with Gasteiger partial charge in [0.05, 0.1) is 6.61 Å². The first-order chi connectivity index (χ1) is 14.8. The first-order valence-electron chi connectivity index (χ1n) is 11.4. The molecule has 0 heterocycles. The zero-order chi connectivity index (χ0) is 23.0. The van der Waals surface area contributed by atoms with Crippen LogP contribution in [0.3, 0.4) is 0 Å². The Bertz CT molecular complexity index is 805. The molecule has 0 fully saturated rings. The van der Waals surface area contributed by atoms with E-state index in [1.165, 1.54) is 82.4 Å². The Morgan fingerprint density at radius 3 is 1.65 bits per heavy atom. The zero-order valence-corrected chi connectivity index (χ0v) is 20.3. The third kappa shape index (κ3) is 13.8. The van der Waals surface area contributed by atoms with Crippen molar-refractivity contribution in [3.8, 4) is 5.75 Å². The lowest BCUT2D eigenvalue weighted by Gasteiger charge is -2.09. The van der Waals surface area contributed by atoms with Crippen LogP contribution in [0.25, 0.3) is 0 Å². The summed E-state index contributed by atoms with van der Waals surface area (Å²) in [6.45, 7) is 2.25. The molecule has 1 aromatic carbocycles. The maximum Gasteiger partial charge on any atom is 0.446 e.